The van der Waals surface area contributed by atoms with Crippen molar-refractivity contribution in [3.05, 3.63) is 35.8 Å². The molecule has 3 nitrogen and oxygen atoms in total. The number of rotatable bonds is 3. The number of aromatic nitrogens is 2. The lowest BCUT2D eigenvalue weighted by Gasteiger charge is -2.34. The Balaban J connectivity index is 1.80. The van der Waals surface area contributed by atoms with Gasteiger partial charge in [0.05, 0.1) is 5.69 Å². The Morgan fingerprint density at radius 1 is 1.37 bits per heavy atom. The first kappa shape index (κ1) is 12.7. The topological polar surface area (TPSA) is 20.5 Å². The average molecular weight is 257 g/mol. The Morgan fingerprint density at radius 3 is 3.11 bits per heavy atom. The highest BCUT2D eigenvalue weighted by Gasteiger charge is 2.21. The lowest BCUT2D eigenvalue weighted by molar-refractivity contribution is 0.155. The number of piperidine rings is 1. The molecule has 1 saturated heterocycles. The van der Waals surface area contributed by atoms with Gasteiger partial charge in [-0.3, -0.25) is 0 Å². The van der Waals surface area contributed by atoms with Crippen LogP contribution in [0.1, 0.15) is 37.4 Å². The third-order valence-electron chi connectivity index (χ3n) is 4.27. The maximum absolute atomic E-state index is 4.77. The van der Waals surface area contributed by atoms with Crippen LogP contribution in [0.2, 0.25) is 0 Å². The molecule has 0 spiro atoms. The molecule has 0 N–H and O–H groups in total. The molecule has 1 aliphatic rings. The van der Waals surface area contributed by atoms with Gasteiger partial charge >= 0.3 is 0 Å². The number of aryl methyl sites for hydroxylation is 1. The molecule has 0 saturated carbocycles. The van der Waals surface area contributed by atoms with Crippen LogP contribution in [-0.2, 0) is 6.42 Å². The van der Waals surface area contributed by atoms with Crippen LogP contribution in [0.5, 0.6) is 0 Å². The molecule has 2 aromatic heterocycles. The summed E-state index contributed by atoms with van der Waals surface area (Å²) in [5.41, 5.74) is 3.59. The van der Waals surface area contributed by atoms with Crippen LogP contribution in [0.25, 0.3) is 5.65 Å². The summed E-state index contributed by atoms with van der Waals surface area (Å²) in [4.78, 5) is 7.38. The van der Waals surface area contributed by atoms with E-state index < -0.39 is 0 Å². The molecule has 0 aliphatic carbocycles. The van der Waals surface area contributed by atoms with Crippen molar-refractivity contribution in [3.63, 3.8) is 0 Å². The van der Waals surface area contributed by atoms with Crippen LogP contribution < -0.4 is 0 Å². The van der Waals surface area contributed by atoms with Gasteiger partial charge in [-0.15, -0.1) is 0 Å². The quantitative estimate of drug-likeness (QED) is 0.842. The van der Waals surface area contributed by atoms with Crippen LogP contribution in [0, 0.1) is 6.92 Å². The second-order valence-electron chi connectivity index (χ2n) is 5.68. The molecule has 0 aromatic carbocycles. The Kier molecular flexibility index (Phi) is 3.56. The zero-order valence-electron chi connectivity index (χ0n) is 12.0. The third-order valence-corrected chi connectivity index (χ3v) is 4.27. The molecule has 0 amide bonds. The fourth-order valence-electron chi connectivity index (χ4n) is 3.18. The molecule has 3 rings (SSSR count). The summed E-state index contributed by atoms with van der Waals surface area (Å²) in [5.74, 6) is 0. The van der Waals surface area contributed by atoms with Crippen LogP contribution in [0.3, 0.4) is 0 Å². The van der Waals surface area contributed by atoms with E-state index in [0.29, 0.717) is 6.04 Å². The Morgan fingerprint density at radius 2 is 2.26 bits per heavy atom. The van der Waals surface area contributed by atoms with Crippen molar-refractivity contribution in [2.24, 2.45) is 0 Å². The number of nitrogens with zero attached hydrogens (tertiary/aromatic N) is 3. The second-order valence-corrected chi connectivity index (χ2v) is 5.68. The van der Waals surface area contributed by atoms with Gasteiger partial charge in [0, 0.05) is 24.9 Å². The maximum Gasteiger partial charge on any atom is 0.137 e. The number of hydrogen-bond donors (Lipinski definition) is 0. The Hall–Kier alpha value is -1.35. The van der Waals surface area contributed by atoms with E-state index in [0.717, 1.165) is 18.6 Å². The smallest absolute Gasteiger partial charge is 0.137 e. The number of fused-ring (bicyclic) bond motifs is 1. The van der Waals surface area contributed by atoms with Gasteiger partial charge in [-0.05, 0) is 50.6 Å². The number of pyridine rings is 1. The van der Waals surface area contributed by atoms with Crippen molar-refractivity contribution in [3.8, 4) is 0 Å². The zero-order valence-corrected chi connectivity index (χ0v) is 12.0. The van der Waals surface area contributed by atoms with Gasteiger partial charge in [0.2, 0.25) is 0 Å². The van der Waals surface area contributed by atoms with Gasteiger partial charge in [0.15, 0.2) is 0 Å². The molecule has 2 aromatic rings. The fraction of sp³-hybridized carbons (Fsp3) is 0.562. The molecule has 1 unspecified atom stereocenters. The van der Waals surface area contributed by atoms with Gasteiger partial charge in [-0.25, -0.2) is 4.98 Å². The third kappa shape index (κ3) is 2.66. The molecule has 1 aliphatic heterocycles. The molecule has 102 valence electrons. The van der Waals surface area contributed by atoms with Crippen molar-refractivity contribution in [1.29, 1.82) is 0 Å². The first-order chi connectivity index (χ1) is 9.26. The first-order valence-corrected chi connectivity index (χ1v) is 7.44. The lowest BCUT2D eigenvalue weighted by Crippen LogP contribution is -2.40. The summed E-state index contributed by atoms with van der Waals surface area (Å²) in [7, 11) is 0. The zero-order chi connectivity index (χ0) is 13.2. The summed E-state index contributed by atoms with van der Waals surface area (Å²) >= 11 is 0. The summed E-state index contributed by atoms with van der Waals surface area (Å²) in [6.07, 6.45) is 9.44. The van der Waals surface area contributed by atoms with Crippen molar-refractivity contribution < 1.29 is 0 Å². The van der Waals surface area contributed by atoms with Crippen LogP contribution in [0.4, 0.5) is 0 Å². The van der Waals surface area contributed by atoms with Gasteiger partial charge < -0.3 is 9.30 Å². The minimum absolute atomic E-state index is 0.685. The Bertz CT molecular complexity index is 558. The summed E-state index contributed by atoms with van der Waals surface area (Å²) in [5, 5.41) is 0. The van der Waals surface area contributed by atoms with Crippen LogP contribution in [-0.4, -0.2) is 33.4 Å². The normalized spacial score (nSPS) is 21.1. The SMILES string of the molecule is CCN1CCCCC1Cc1cn2ccc(C)cc2n1. The molecular weight excluding hydrogens is 234 g/mol. The van der Waals surface area contributed by atoms with Crippen molar-refractivity contribution in [1.82, 2.24) is 14.3 Å². The van der Waals surface area contributed by atoms with E-state index in [-0.39, 0.29) is 0 Å². The number of likely N-dealkylation sites (tertiary alicyclic amines) is 1. The molecule has 1 fully saturated rings. The predicted molar refractivity (Wildman–Crippen MR) is 78.5 cm³/mol. The number of imidazole rings is 1. The average Bonchev–Trinajstić information content (AvgIpc) is 2.80. The first-order valence-electron chi connectivity index (χ1n) is 7.44. The van der Waals surface area contributed by atoms with E-state index in [1.165, 1.54) is 37.1 Å². The summed E-state index contributed by atoms with van der Waals surface area (Å²) < 4.78 is 2.14. The van der Waals surface area contributed by atoms with Gasteiger partial charge in [0.1, 0.15) is 5.65 Å². The lowest BCUT2D eigenvalue weighted by atomic mass is 9.98. The number of hydrogen-bond acceptors (Lipinski definition) is 2. The highest BCUT2D eigenvalue weighted by atomic mass is 15.2. The van der Waals surface area contributed by atoms with E-state index in [9.17, 15) is 0 Å². The van der Waals surface area contributed by atoms with Crippen molar-refractivity contribution in [2.45, 2.75) is 45.6 Å². The van der Waals surface area contributed by atoms with Crippen molar-refractivity contribution in [2.75, 3.05) is 13.1 Å². The highest BCUT2D eigenvalue weighted by molar-refractivity contribution is 5.42. The fourth-order valence-corrected chi connectivity index (χ4v) is 3.18. The number of likely N-dealkylation sites (N-methyl/N-ethyl adjacent to an activating group) is 1. The highest BCUT2D eigenvalue weighted by Crippen LogP contribution is 2.20. The van der Waals surface area contributed by atoms with E-state index >= 15 is 0 Å². The summed E-state index contributed by atoms with van der Waals surface area (Å²) in [6, 6.07) is 4.98. The maximum atomic E-state index is 4.77. The van der Waals surface area contributed by atoms with Crippen LogP contribution in [0.15, 0.2) is 24.5 Å². The summed E-state index contributed by atoms with van der Waals surface area (Å²) in [6.45, 7) is 6.81. The van der Waals surface area contributed by atoms with Gasteiger partial charge in [0.25, 0.3) is 0 Å². The largest absolute Gasteiger partial charge is 0.307 e. The van der Waals surface area contributed by atoms with Gasteiger partial charge in [-0.1, -0.05) is 13.3 Å². The molecule has 3 heteroatoms. The Labute approximate surface area is 115 Å². The predicted octanol–water partition coefficient (Wildman–Crippen LogP) is 3.06. The minimum atomic E-state index is 0.685. The van der Waals surface area contributed by atoms with E-state index in [4.69, 9.17) is 4.98 Å². The van der Waals surface area contributed by atoms with Gasteiger partial charge in [-0.2, -0.15) is 0 Å². The molecule has 3 heterocycles. The molecule has 0 bridgehead atoms. The minimum Gasteiger partial charge on any atom is -0.307 e. The standard InChI is InChI=1S/C16H23N3/c1-3-18-8-5-4-6-15(18)11-14-12-19-9-7-13(2)10-16(19)17-14/h7,9-10,12,15H,3-6,8,11H2,1-2H3. The van der Waals surface area contributed by atoms with Crippen molar-refractivity contribution >= 4 is 5.65 Å². The van der Waals surface area contributed by atoms with Crippen LogP contribution >= 0.6 is 0 Å². The molecule has 19 heavy (non-hydrogen) atoms. The van der Waals surface area contributed by atoms with E-state index in [1.807, 2.05) is 0 Å². The molecular formula is C16H23N3. The van der Waals surface area contributed by atoms with E-state index in [1.54, 1.807) is 0 Å². The monoisotopic (exact) mass is 257 g/mol. The van der Waals surface area contributed by atoms with E-state index in [2.05, 4.69) is 47.7 Å². The molecule has 0 radical (unpaired) electrons. The second kappa shape index (κ2) is 5.33. The molecule has 1 atom stereocenters.